The highest BCUT2D eigenvalue weighted by atomic mass is 16.6. The fourth-order valence-corrected chi connectivity index (χ4v) is 10.3. The first-order chi connectivity index (χ1) is 44.2. The van der Waals surface area contributed by atoms with Crippen LogP contribution in [-0.2, 0) is 118 Å². The van der Waals surface area contributed by atoms with E-state index >= 15 is 0 Å². The second-order valence-electron chi connectivity index (χ2n) is 21.2. The molecule has 0 fully saturated rings. The van der Waals surface area contributed by atoms with Gasteiger partial charge in [0.25, 0.3) is 17.4 Å². The highest BCUT2D eigenvalue weighted by molar-refractivity contribution is 6.13. The fraction of sp³-hybridized carbons (Fsp3) is 0.500. The van der Waals surface area contributed by atoms with Crippen LogP contribution in [0.4, 0.5) is 5.69 Å². The number of aromatic nitrogens is 2. The van der Waals surface area contributed by atoms with E-state index in [4.69, 9.17) is 47.6 Å². The van der Waals surface area contributed by atoms with Crippen molar-refractivity contribution in [1.29, 1.82) is 0 Å². The van der Waals surface area contributed by atoms with E-state index < -0.39 is 79.1 Å². The molecule has 2 aromatic carbocycles. The lowest BCUT2D eigenvalue weighted by molar-refractivity contribution is -0.157. The number of nitrogens with one attached hydrogen (secondary N) is 6. The zero-order chi connectivity index (χ0) is 64.3. The number of nitrogens with zero attached hydrogens (tertiary/aromatic N) is 3. The number of aliphatic hydroxyl groups excluding tert-OH is 1. The molecule has 0 spiro atoms. The average Bonchev–Trinajstić information content (AvgIpc) is 1.63. The number of rotatable bonds is 41. The normalized spacial score (nSPS) is 14.8. The van der Waals surface area contributed by atoms with Crippen molar-refractivity contribution in [3.8, 4) is 11.4 Å². The number of pyridine rings is 2. The Labute approximate surface area is 523 Å². The fourth-order valence-electron chi connectivity index (χ4n) is 10.3. The largest absolute Gasteiger partial charge is 0.458 e. The van der Waals surface area contributed by atoms with E-state index in [1.165, 1.54) is 12.2 Å². The molecule has 2 aromatic heterocycles. The molecular formula is C62H77N9O20. The molecule has 29 heteroatoms. The van der Waals surface area contributed by atoms with E-state index in [1.807, 2.05) is 0 Å². The van der Waals surface area contributed by atoms with Crippen LogP contribution >= 0.6 is 0 Å². The summed E-state index contributed by atoms with van der Waals surface area (Å²) in [5, 5.41) is 27.2. The summed E-state index contributed by atoms with van der Waals surface area (Å²) in [6.07, 6.45) is 2.95. The predicted octanol–water partition coefficient (Wildman–Crippen LogP) is -1.03. The lowest BCUT2D eigenvalue weighted by Crippen LogP contribution is -2.52. The number of anilines is 1. The zero-order valence-corrected chi connectivity index (χ0v) is 50.5. The molecule has 0 saturated carbocycles. The quantitative estimate of drug-likeness (QED) is 0.0140. The highest BCUT2D eigenvalue weighted by Gasteiger charge is 2.36. The van der Waals surface area contributed by atoms with Crippen molar-refractivity contribution >= 4 is 69.8 Å². The standard InChI is InChI=1S/C62H77N9O20/c72-50(13-16-70-55(77)11-12-56(70)78)63-15-18-84-20-22-86-24-26-88-28-30-90-32-31-89-29-27-87-25-23-85-21-19-83-17-14-51(73)64-35-52(74)65-36-53(75)68-48(33-40-5-2-1-3-6-40)60(80)66-37-54(76)67-46-9-10-47-57-41(7-4-8-42(46)57)44-38-71-49(58(44)69-47)34-43-45(61(71)81)39-91-62(82)59(43)79/h1-3,5-6,9-12,34,48,59,79H,4,7-8,13-33,35-39H2,(H,63,72)(H,64,73)(H,65,74)(H,66,80)(H,67,76)(H,68,75)/t48?,59-/m0/s1. The van der Waals surface area contributed by atoms with Crippen molar-refractivity contribution < 1.29 is 90.9 Å². The van der Waals surface area contributed by atoms with E-state index in [9.17, 15) is 53.1 Å². The summed E-state index contributed by atoms with van der Waals surface area (Å²) >= 11 is 0. The first kappa shape index (κ1) is 68.5. The highest BCUT2D eigenvalue weighted by Crippen LogP contribution is 2.42. The minimum Gasteiger partial charge on any atom is -0.458 e. The Morgan fingerprint density at radius 2 is 1.15 bits per heavy atom. The topological polar surface area (TPSA) is 367 Å². The number of aryl methyl sites for hydroxylation is 2. The molecular weight excluding hydrogens is 1190 g/mol. The lowest BCUT2D eigenvalue weighted by atomic mass is 9.86. The van der Waals surface area contributed by atoms with E-state index in [1.54, 1.807) is 53.1 Å². The Kier molecular flexibility index (Phi) is 27.0. The summed E-state index contributed by atoms with van der Waals surface area (Å²) in [4.78, 5) is 132. The summed E-state index contributed by atoms with van der Waals surface area (Å²) in [6, 6.07) is 13.0. The zero-order valence-electron chi connectivity index (χ0n) is 50.5. The van der Waals surface area contributed by atoms with Gasteiger partial charge in [-0.25, -0.2) is 9.78 Å². The van der Waals surface area contributed by atoms with Crippen molar-refractivity contribution in [3.05, 3.63) is 104 Å². The van der Waals surface area contributed by atoms with Crippen molar-refractivity contribution in [2.45, 2.75) is 63.8 Å². The summed E-state index contributed by atoms with van der Waals surface area (Å²) in [5.41, 5.74) is 5.82. The van der Waals surface area contributed by atoms with Crippen LogP contribution in [0.3, 0.4) is 0 Å². The van der Waals surface area contributed by atoms with Gasteiger partial charge in [-0.05, 0) is 54.2 Å². The van der Waals surface area contributed by atoms with Crippen LogP contribution in [0.5, 0.6) is 0 Å². The molecule has 5 heterocycles. The third kappa shape index (κ3) is 20.6. The predicted molar refractivity (Wildman–Crippen MR) is 322 cm³/mol. The average molecular weight is 1270 g/mol. The van der Waals surface area contributed by atoms with Crippen LogP contribution in [0.2, 0.25) is 0 Å². The summed E-state index contributed by atoms with van der Waals surface area (Å²) in [6.45, 7) is 4.45. The molecule has 2 atom stereocenters. The Hall–Kier alpha value is -8.39. The number of cyclic esters (lactones) is 1. The van der Waals surface area contributed by atoms with Crippen LogP contribution < -0.4 is 37.5 Å². The number of benzene rings is 2. The molecule has 91 heavy (non-hydrogen) atoms. The number of ether oxygens (including phenoxy) is 9. The van der Waals surface area contributed by atoms with Crippen LogP contribution in [0, 0.1) is 0 Å². The maximum Gasteiger partial charge on any atom is 0.340 e. The van der Waals surface area contributed by atoms with Crippen molar-refractivity contribution in [1.82, 2.24) is 41.0 Å². The Balaban J connectivity index is 0.607. The van der Waals surface area contributed by atoms with Crippen molar-refractivity contribution in [3.63, 3.8) is 0 Å². The van der Waals surface area contributed by atoms with E-state index in [0.717, 1.165) is 39.0 Å². The number of hydrogen-bond acceptors (Lipinski definition) is 21. The number of amides is 8. The maximum absolute atomic E-state index is 13.6. The number of imide groups is 1. The van der Waals surface area contributed by atoms with E-state index in [0.29, 0.717) is 128 Å². The van der Waals surface area contributed by atoms with Gasteiger partial charge in [-0.2, -0.15) is 0 Å². The monoisotopic (exact) mass is 1270 g/mol. The Bertz CT molecular complexity index is 3300. The molecule has 0 radical (unpaired) electrons. The van der Waals surface area contributed by atoms with E-state index in [2.05, 4.69) is 31.9 Å². The smallest absolute Gasteiger partial charge is 0.340 e. The van der Waals surface area contributed by atoms with Crippen LogP contribution in [0.1, 0.15) is 58.7 Å². The second-order valence-corrected chi connectivity index (χ2v) is 21.2. The molecule has 8 amide bonds. The van der Waals surface area contributed by atoms with Crippen molar-refractivity contribution in [2.24, 2.45) is 0 Å². The summed E-state index contributed by atoms with van der Waals surface area (Å²) < 4.78 is 50.4. The molecule has 4 aromatic rings. The van der Waals surface area contributed by atoms with Gasteiger partial charge in [0.05, 0.1) is 154 Å². The van der Waals surface area contributed by atoms with Gasteiger partial charge in [0.15, 0.2) is 6.10 Å². The second kappa shape index (κ2) is 35.9. The summed E-state index contributed by atoms with van der Waals surface area (Å²) in [7, 11) is 0. The van der Waals surface area contributed by atoms with Crippen LogP contribution in [-0.4, -0.2) is 217 Å². The first-order valence-electron chi connectivity index (χ1n) is 30.2. The van der Waals surface area contributed by atoms with Crippen molar-refractivity contribution in [2.75, 3.05) is 144 Å². The third-order valence-corrected chi connectivity index (χ3v) is 14.8. The SMILES string of the molecule is O=C(CCN1C(=O)C=CC1=O)NCCOCCOCCOCCOCCOCCOCCOCCOCCC(=O)NCC(=O)NCC(=O)NC(Cc1ccccc1)C(=O)NCC(=O)Nc1ccc2nc3c(c4c2c1CCC4)Cn1c-3cc2c(c1=O)COC(=O)[C@H]2O. The van der Waals surface area contributed by atoms with Gasteiger partial charge >= 0.3 is 5.97 Å². The molecule has 490 valence electrons. The molecule has 1 aliphatic carbocycles. The molecule has 4 aliphatic rings. The molecule has 3 aliphatic heterocycles. The van der Waals surface area contributed by atoms with Gasteiger partial charge in [-0.1, -0.05) is 30.3 Å². The number of hydrogen-bond donors (Lipinski definition) is 7. The number of carbonyl (C=O) groups is 9. The number of esters is 1. The number of carbonyl (C=O) groups excluding carboxylic acids is 9. The molecule has 1 unspecified atom stereocenters. The molecule has 29 nitrogen and oxygen atoms in total. The van der Waals surface area contributed by atoms with Gasteiger partial charge in [-0.3, -0.25) is 48.1 Å². The van der Waals surface area contributed by atoms with Gasteiger partial charge in [0, 0.05) is 66.7 Å². The number of aliphatic hydroxyl groups is 1. The minimum atomic E-state index is -1.57. The Morgan fingerprint density at radius 3 is 1.79 bits per heavy atom. The Morgan fingerprint density at radius 1 is 0.593 bits per heavy atom. The minimum absolute atomic E-state index is 0.0228. The van der Waals surface area contributed by atoms with Crippen LogP contribution in [0.25, 0.3) is 22.3 Å². The van der Waals surface area contributed by atoms with E-state index in [-0.39, 0.29) is 81.4 Å². The maximum atomic E-state index is 13.6. The summed E-state index contributed by atoms with van der Waals surface area (Å²) in [5.74, 6) is -4.85. The molecule has 0 saturated heterocycles. The molecule has 0 bridgehead atoms. The van der Waals surface area contributed by atoms with Crippen LogP contribution in [0.15, 0.2) is 65.5 Å². The third-order valence-electron chi connectivity index (χ3n) is 14.8. The number of fused-ring (bicyclic) bond motifs is 5. The van der Waals surface area contributed by atoms with Gasteiger partial charge in [-0.15, -0.1) is 0 Å². The lowest BCUT2D eigenvalue weighted by Gasteiger charge is -2.23. The molecule has 7 N–H and O–H groups in total. The van der Waals surface area contributed by atoms with Gasteiger partial charge in [0.2, 0.25) is 35.4 Å². The van der Waals surface area contributed by atoms with Gasteiger partial charge < -0.3 is 84.2 Å². The van der Waals surface area contributed by atoms with Gasteiger partial charge in [0.1, 0.15) is 12.6 Å². The first-order valence-corrected chi connectivity index (χ1v) is 30.2. The molecule has 8 rings (SSSR count).